The van der Waals surface area contributed by atoms with Crippen molar-refractivity contribution in [2.45, 2.75) is 138 Å². The molecule has 3 heterocycles. The van der Waals surface area contributed by atoms with Gasteiger partial charge in [0.05, 0.1) is 50.6 Å². The van der Waals surface area contributed by atoms with Crippen molar-refractivity contribution in [1.82, 2.24) is 29.9 Å². The largest absolute Gasteiger partial charge is 0.496 e. The highest BCUT2D eigenvalue weighted by Crippen LogP contribution is 2.41. The molecule has 0 saturated heterocycles. The van der Waals surface area contributed by atoms with Crippen molar-refractivity contribution < 1.29 is 47.6 Å². The number of rotatable bonds is 23. The first kappa shape index (κ1) is 71.9. The van der Waals surface area contributed by atoms with Gasteiger partial charge in [0.15, 0.2) is 34.7 Å². The molecule has 0 radical (unpaired) electrons. The van der Waals surface area contributed by atoms with Gasteiger partial charge in [0.2, 0.25) is 40.8 Å². The van der Waals surface area contributed by atoms with Gasteiger partial charge >= 0.3 is 0 Å². The smallest absolute Gasteiger partial charge is 0.231 e. The third kappa shape index (κ3) is 23.3. The molecule has 0 unspecified atom stereocenters. The van der Waals surface area contributed by atoms with Crippen LogP contribution in [-0.4, -0.2) is 74.2 Å². The normalized spacial score (nSPS) is 10.5. The maximum absolute atomic E-state index is 12.2. The third-order valence-electron chi connectivity index (χ3n) is 11.4. The number of hydrogen-bond acceptors (Lipinski definition) is 19. The van der Waals surface area contributed by atoms with E-state index in [9.17, 15) is 19.2 Å². The molecule has 9 N–H and O–H groups in total. The fourth-order valence-electron chi connectivity index (χ4n) is 7.14. The van der Waals surface area contributed by atoms with E-state index in [-0.39, 0.29) is 76.0 Å². The highest BCUT2D eigenvalue weighted by molar-refractivity contribution is 14.1. The zero-order valence-corrected chi connectivity index (χ0v) is 56.8. The second kappa shape index (κ2) is 36.5. The molecule has 0 aliphatic carbocycles. The molecule has 0 fully saturated rings. The van der Waals surface area contributed by atoms with Crippen LogP contribution in [0.25, 0.3) is 0 Å². The summed E-state index contributed by atoms with van der Waals surface area (Å²) in [4.78, 5) is 70.1. The van der Waals surface area contributed by atoms with Crippen LogP contribution in [0.5, 0.6) is 51.7 Å². The summed E-state index contributed by atoms with van der Waals surface area (Å²) < 4.78 is 36.9. The van der Waals surface area contributed by atoms with Gasteiger partial charge in [-0.2, -0.15) is 15.0 Å². The summed E-state index contributed by atoms with van der Waals surface area (Å²) in [6.45, 7) is 20.1. The predicted octanol–water partition coefficient (Wildman–Crippen LogP) is 14.5. The summed E-state index contributed by atoms with van der Waals surface area (Å²) in [5.41, 5.74) is 20.2. The average molecular weight is 1520 g/mol. The Hall–Kier alpha value is -6.34. The van der Waals surface area contributed by atoms with E-state index >= 15 is 0 Å². The van der Waals surface area contributed by atoms with E-state index in [0.717, 1.165) is 57.5 Å². The molecule has 0 aliphatic heterocycles. The number of hydrogen-bond donors (Lipinski definition) is 6. The van der Waals surface area contributed by atoms with Crippen LogP contribution in [0.1, 0.15) is 155 Å². The van der Waals surface area contributed by atoms with Crippen LogP contribution in [0.4, 0.5) is 35.3 Å². The summed E-state index contributed by atoms with van der Waals surface area (Å²) in [6.07, 6.45) is 9.01. The fourth-order valence-corrected chi connectivity index (χ4v) is 9.30. The van der Waals surface area contributed by atoms with E-state index in [1.54, 1.807) is 21.3 Å². The molecule has 6 aromatic rings. The number of ether oxygens (including phenoxy) is 6. The lowest BCUT2D eigenvalue weighted by atomic mass is 10.0. The van der Waals surface area contributed by atoms with Crippen molar-refractivity contribution in [2.75, 3.05) is 54.5 Å². The molecule has 3 aromatic carbocycles. The number of nitrogen functional groups attached to an aromatic ring is 3. The Kier molecular flexibility index (Phi) is 31.2. The van der Waals surface area contributed by atoms with Crippen LogP contribution >= 0.6 is 79.4 Å². The van der Waals surface area contributed by atoms with Crippen LogP contribution in [0.15, 0.2) is 55.0 Å². The number of methoxy groups -OCH3 is 3. The van der Waals surface area contributed by atoms with Gasteiger partial charge in [-0.1, -0.05) is 69.2 Å². The van der Waals surface area contributed by atoms with Crippen molar-refractivity contribution in [3.63, 3.8) is 0 Å². The molecule has 26 heteroatoms. The van der Waals surface area contributed by atoms with E-state index in [4.69, 9.17) is 57.2 Å². The highest BCUT2D eigenvalue weighted by Gasteiger charge is 2.21. The number of amides is 3. The van der Waals surface area contributed by atoms with E-state index in [1.807, 2.05) is 64.1 Å². The highest BCUT2D eigenvalue weighted by atomic mass is 127. The SMILES string of the molecule is CCCC(=O)Cl.CCCC(=O)Nc1ncc(Oc2cc(I)c(OC)cc2C(C)C)c(N)n1.CCCC(=O)Nc1ncc(Oc2cc(I)c(OC)cc2C(C)C)c(NC(=O)CCC)n1.COc1cc(C(C)C)c(Oc2cnc(N)nc2N)cc1I. The van der Waals surface area contributed by atoms with Crippen LogP contribution < -0.4 is 61.6 Å². The Balaban J connectivity index is 0.000000319. The Bertz CT molecular complexity index is 3180. The van der Waals surface area contributed by atoms with Crippen LogP contribution in [0, 0.1) is 10.7 Å². The Labute approximate surface area is 537 Å². The first-order chi connectivity index (χ1) is 39.8. The molecule has 0 atom stereocenters. The summed E-state index contributed by atoms with van der Waals surface area (Å²) in [7, 11) is 4.91. The molecule has 3 aromatic heterocycles. The summed E-state index contributed by atoms with van der Waals surface area (Å²) in [5.74, 6) is 6.50. The van der Waals surface area contributed by atoms with Crippen LogP contribution in [-0.2, 0) is 19.2 Å². The zero-order valence-electron chi connectivity index (χ0n) is 49.6. The number of nitrogens with one attached hydrogen (secondary N) is 3. The first-order valence-electron chi connectivity index (χ1n) is 26.9. The van der Waals surface area contributed by atoms with Gasteiger partial charge in [0, 0.05) is 42.4 Å². The Morgan fingerprint density at radius 3 is 1.12 bits per heavy atom. The summed E-state index contributed by atoms with van der Waals surface area (Å²) >= 11 is 11.5. The minimum Gasteiger partial charge on any atom is -0.496 e. The van der Waals surface area contributed by atoms with Gasteiger partial charge in [-0.05, 0) is 159 Å². The van der Waals surface area contributed by atoms with E-state index in [0.29, 0.717) is 73.0 Å². The lowest BCUT2D eigenvalue weighted by molar-refractivity contribution is -0.117. The van der Waals surface area contributed by atoms with Gasteiger partial charge < -0.3 is 50.9 Å². The molecule has 0 saturated carbocycles. The second-order valence-corrected chi connectivity index (χ2v) is 23.1. The average Bonchev–Trinajstić information content (AvgIpc) is 2.61. The lowest BCUT2D eigenvalue weighted by Crippen LogP contribution is -2.17. The minimum atomic E-state index is -0.238. The standard InChI is InChI=1S/C22H29IN4O4.C18H23IN4O3.C14H17IN4O2.C4H7ClO/c1-6-8-19(28)25-21-18(12-24-22(27-21)26-20(29)9-7-2)31-16-11-15(23)17(30-5)10-14(16)13(3)4;1-5-6-16(24)22-18-21-9-15(17(20)23-18)26-13-8-12(19)14(25-4)7-11(13)10(2)3;1-7(2)8-4-11(20-3)9(15)5-10(8)21-12-6-18-14(17)19-13(12)16;1-2-3-4(5)6/h10-13H,6-9H2,1-5H3,(H2,24,25,26,27,28,29);7-10H,5-6H2,1-4H3,(H3,20,21,22,23,24);4-7H,1-3H3,(H4,16,17,18,19);2-3H2,1H3. The fraction of sp³-hybridized carbons (Fsp3) is 0.414. The molecular formula is C58H76ClI3N12O10. The Morgan fingerprint density at radius 2 is 0.798 bits per heavy atom. The number of nitrogens with zero attached hydrogens (tertiary/aromatic N) is 6. The molecule has 0 aliphatic rings. The zero-order chi connectivity index (χ0) is 62.8. The van der Waals surface area contributed by atoms with E-state index < -0.39 is 0 Å². The maximum Gasteiger partial charge on any atom is 0.231 e. The molecule has 0 spiro atoms. The van der Waals surface area contributed by atoms with Gasteiger partial charge in [-0.25, -0.2) is 15.0 Å². The molecule has 0 bridgehead atoms. The van der Waals surface area contributed by atoms with Gasteiger partial charge in [-0.15, -0.1) is 0 Å². The maximum atomic E-state index is 12.2. The molecule has 84 heavy (non-hydrogen) atoms. The molecule has 6 rings (SSSR count). The predicted molar refractivity (Wildman–Crippen MR) is 355 cm³/mol. The number of nitrogens with two attached hydrogens (primary N) is 3. The number of anilines is 6. The number of carbonyl (C=O) groups excluding carboxylic acids is 4. The number of carbonyl (C=O) groups is 4. The summed E-state index contributed by atoms with van der Waals surface area (Å²) in [6, 6.07) is 11.5. The quantitative estimate of drug-likeness (QED) is 0.0256. The second-order valence-electron chi connectivity index (χ2n) is 19.2. The van der Waals surface area contributed by atoms with Gasteiger partial charge in [0.1, 0.15) is 34.5 Å². The van der Waals surface area contributed by atoms with Crippen LogP contribution in [0.2, 0.25) is 0 Å². The first-order valence-corrected chi connectivity index (χ1v) is 30.6. The molecular weight excluding hydrogens is 1440 g/mol. The lowest BCUT2D eigenvalue weighted by Gasteiger charge is -2.18. The van der Waals surface area contributed by atoms with Crippen LogP contribution in [0.3, 0.4) is 0 Å². The van der Waals surface area contributed by atoms with Gasteiger partial charge in [0.25, 0.3) is 0 Å². The van der Waals surface area contributed by atoms with Crippen molar-refractivity contribution in [3.05, 3.63) is 82.4 Å². The minimum absolute atomic E-state index is 0.117. The number of benzene rings is 3. The van der Waals surface area contributed by atoms with E-state index in [1.165, 1.54) is 18.6 Å². The Morgan fingerprint density at radius 1 is 0.464 bits per heavy atom. The molecule has 3 amide bonds. The topological polar surface area (TPSA) is 315 Å². The van der Waals surface area contributed by atoms with Crippen molar-refractivity contribution in [3.8, 4) is 51.7 Å². The summed E-state index contributed by atoms with van der Waals surface area (Å²) in [5, 5.41) is 7.79. The van der Waals surface area contributed by atoms with E-state index in [2.05, 4.69) is 155 Å². The van der Waals surface area contributed by atoms with Crippen molar-refractivity contribution >= 4 is 138 Å². The number of halogens is 4. The third-order valence-corrected chi connectivity index (χ3v) is 14.1. The van der Waals surface area contributed by atoms with Crippen molar-refractivity contribution in [2.24, 2.45) is 0 Å². The van der Waals surface area contributed by atoms with Crippen molar-refractivity contribution in [1.29, 1.82) is 0 Å². The number of aromatic nitrogens is 6. The monoisotopic (exact) mass is 1520 g/mol. The molecule has 456 valence electrons. The van der Waals surface area contributed by atoms with Gasteiger partial charge in [-0.3, -0.25) is 29.8 Å². The molecule has 22 nitrogen and oxygen atoms in total.